The first-order valence-electron chi connectivity index (χ1n) is 8.90. The van der Waals surface area contributed by atoms with E-state index in [1.807, 2.05) is 24.3 Å². The molecular formula is C20H32O4. The van der Waals surface area contributed by atoms with Gasteiger partial charge in [-0.3, -0.25) is 5.26 Å². The van der Waals surface area contributed by atoms with Crippen molar-refractivity contribution in [2.75, 3.05) is 0 Å². The van der Waals surface area contributed by atoms with Crippen molar-refractivity contribution < 1.29 is 20.0 Å². The van der Waals surface area contributed by atoms with Gasteiger partial charge >= 0.3 is 5.97 Å². The minimum Gasteiger partial charge on any atom is -0.478 e. The van der Waals surface area contributed by atoms with E-state index in [-0.39, 0.29) is 6.10 Å². The number of aliphatic carboxylic acids is 1. The first-order valence-corrected chi connectivity index (χ1v) is 8.90. The van der Waals surface area contributed by atoms with E-state index in [2.05, 4.69) is 11.8 Å². The van der Waals surface area contributed by atoms with Crippen LogP contribution in [-0.4, -0.2) is 22.4 Å². The van der Waals surface area contributed by atoms with Crippen LogP contribution in [0.1, 0.15) is 64.7 Å². The summed E-state index contributed by atoms with van der Waals surface area (Å²) in [5.41, 5.74) is 0. The second-order valence-electron chi connectivity index (χ2n) is 5.76. The summed E-state index contributed by atoms with van der Waals surface area (Å²) in [7, 11) is 0. The zero-order valence-corrected chi connectivity index (χ0v) is 14.8. The van der Waals surface area contributed by atoms with Crippen molar-refractivity contribution >= 4 is 5.97 Å². The van der Waals surface area contributed by atoms with Crippen LogP contribution in [0.5, 0.6) is 0 Å². The molecule has 136 valence electrons. The van der Waals surface area contributed by atoms with Gasteiger partial charge in [0.15, 0.2) is 0 Å². The molecule has 0 heterocycles. The fourth-order valence-electron chi connectivity index (χ4n) is 2.25. The van der Waals surface area contributed by atoms with Crippen molar-refractivity contribution in [1.82, 2.24) is 0 Å². The Labute approximate surface area is 146 Å². The number of carboxylic acid groups (broad SMARTS) is 1. The molecule has 4 nitrogen and oxygen atoms in total. The fourth-order valence-corrected chi connectivity index (χ4v) is 2.25. The van der Waals surface area contributed by atoms with Crippen molar-refractivity contribution in [1.29, 1.82) is 0 Å². The van der Waals surface area contributed by atoms with Gasteiger partial charge in [0.1, 0.15) is 0 Å². The van der Waals surface area contributed by atoms with Gasteiger partial charge in [-0.25, -0.2) is 9.68 Å². The lowest BCUT2D eigenvalue weighted by Gasteiger charge is -2.11. The van der Waals surface area contributed by atoms with E-state index in [0.717, 1.165) is 31.8 Å². The Morgan fingerprint density at radius 2 is 1.54 bits per heavy atom. The Balaban J connectivity index is 3.72. The van der Waals surface area contributed by atoms with Crippen molar-refractivity contribution in [2.45, 2.75) is 70.8 Å². The first kappa shape index (κ1) is 22.4. The van der Waals surface area contributed by atoms with E-state index in [9.17, 15) is 4.79 Å². The maximum atomic E-state index is 10.2. The molecule has 0 fully saturated rings. The van der Waals surface area contributed by atoms with Gasteiger partial charge in [-0.1, -0.05) is 88.0 Å². The third-order valence-electron chi connectivity index (χ3n) is 3.61. The summed E-state index contributed by atoms with van der Waals surface area (Å²) in [5.74, 6) is -0.954. The molecule has 0 radical (unpaired) electrons. The number of unbranched alkanes of at least 4 members (excludes halogenated alkanes) is 5. The summed E-state index contributed by atoms with van der Waals surface area (Å²) in [6, 6.07) is 0. The van der Waals surface area contributed by atoms with E-state index < -0.39 is 5.97 Å². The molecule has 0 aromatic heterocycles. The molecule has 0 aromatic rings. The number of carboxylic acids is 1. The minimum atomic E-state index is -0.954. The third kappa shape index (κ3) is 16.7. The third-order valence-corrected chi connectivity index (χ3v) is 3.61. The van der Waals surface area contributed by atoms with Gasteiger partial charge < -0.3 is 5.11 Å². The van der Waals surface area contributed by atoms with Crippen LogP contribution in [0.4, 0.5) is 0 Å². The highest BCUT2D eigenvalue weighted by Crippen LogP contribution is 2.13. The second kappa shape index (κ2) is 17.7. The fraction of sp³-hybridized carbons (Fsp3) is 0.550. The number of hydrogen-bond donors (Lipinski definition) is 2. The van der Waals surface area contributed by atoms with Crippen LogP contribution in [0.3, 0.4) is 0 Å². The molecule has 24 heavy (non-hydrogen) atoms. The van der Waals surface area contributed by atoms with Gasteiger partial charge in [-0.05, 0) is 19.3 Å². The van der Waals surface area contributed by atoms with Gasteiger partial charge in [0.05, 0.1) is 6.10 Å². The maximum Gasteiger partial charge on any atom is 0.328 e. The number of carbonyl (C=O) groups is 1. The molecule has 0 bridgehead atoms. The molecule has 4 heteroatoms. The zero-order valence-electron chi connectivity index (χ0n) is 14.8. The van der Waals surface area contributed by atoms with Gasteiger partial charge in [0, 0.05) is 6.08 Å². The summed E-state index contributed by atoms with van der Waals surface area (Å²) in [6.45, 7) is 2.21. The molecule has 0 aliphatic carbocycles. The van der Waals surface area contributed by atoms with Crippen LogP contribution in [0.2, 0.25) is 0 Å². The highest BCUT2D eigenvalue weighted by molar-refractivity contribution is 5.80. The lowest BCUT2D eigenvalue weighted by molar-refractivity contribution is -0.281. The number of hydrogen-bond acceptors (Lipinski definition) is 3. The predicted molar refractivity (Wildman–Crippen MR) is 98.9 cm³/mol. The SMILES string of the molecule is CCCCCCCCC(CC\C=C/C=C\C=C/C=C/C(=O)O)OO. The molecular weight excluding hydrogens is 304 g/mol. The molecule has 0 aliphatic rings. The molecule has 0 rings (SSSR count). The Hall–Kier alpha value is -1.65. The molecule has 0 saturated carbocycles. The van der Waals surface area contributed by atoms with Crippen molar-refractivity contribution in [2.24, 2.45) is 0 Å². The molecule has 1 atom stereocenters. The summed E-state index contributed by atoms with van der Waals surface area (Å²) in [5, 5.41) is 17.3. The molecule has 1 unspecified atom stereocenters. The molecule has 0 aromatic carbocycles. The largest absolute Gasteiger partial charge is 0.478 e. The lowest BCUT2D eigenvalue weighted by atomic mass is 10.0. The van der Waals surface area contributed by atoms with Crippen LogP contribution in [0.15, 0.2) is 48.6 Å². The normalized spacial score (nSPS) is 13.8. The average Bonchev–Trinajstić information content (AvgIpc) is 2.57. The Morgan fingerprint density at radius 1 is 0.917 bits per heavy atom. The van der Waals surface area contributed by atoms with E-state index in [1.165, 1.54) is 38.2 Å². The highest BCUT2D eigenvalue weighted by Gasteiger charge is 2.07. The molecule has 0 spiro atoms. The lowest BCUT2D eigenvalue weighted by Crippen LogP contribution is -2.10. The standard InChI is InChI=1S/C20H32O4/c1-2-3-4-5-10-13-16-19(24-23)17-14-11-8-6-7-9-12-15-18-20(21)22/h6-9,11-12,15,18-19,23H,2-5,10,13-14,16-17H2,1H3,(H,21,22)/b7-6-,11-8-,12-9-,18-15+. The summed E-state index contributed by atoms with van der Waals surface area (Å²) in [6.07, 6.45) is 23.6. The van der Waals surface area contributed by atoms with E-state index >= 15 is 0 Å². The van der Waals surface area contributed by atoms with Crippen LogP contribution >= 0.6 is 0 Å². The summed E-state index contributed by atoms with van der Waals surface area (Å²) in [4.78, 5) is 14.8. The monoisotopic (exact) mass is 336 g/mol. The number of allylic oxidation sites excluding steroid dienone is 7. The Bertz CT molecular complexity index is 408. The minimum absolute atomic E-state index is 0.0779. The van der Waals surface area contributed by atoms with Gasteiger partial charge in [-0.15, -0.1) is 0 Å². The van der Waals surface area contributed by atoms with E-state index in [0.29, 0.717) is 0 Å². The highest BCUT2D eigenvalue weighted by atomic mass is 17.1. The van der Waals surface area contributed by atoms with Gasteiger partial charge in [-0.2, -0.15) is 0 Å². The summed E-state index contributed by atoms with van der Waals surface area (Å²) >= 11 is 0. The van der Waals surface area contributed by atoms with Crippen molar-refractivity contribution in [3.63, 3.8) is 0 Å². The maximum absolute atomic E-state index is 10.2. The Kier molecular flexibility index (Phi) is 16.5. The second-order valence-corrected chi connectivity index (χ2v) is 5.76. The summed E-state index contributed by atoms with van der Waals surface area (Å²) < 4.78 is 0. The van der Waals surface area contributed by atoms with Gasteiger partial charge in [0.25, 0.3) is 0 Å². The predicted octanol–water partition coefficient (Wildman–Crippen LogP) is 5.68. The first-order chi connectivity index (χ1) is 11.7. The zero-order chi connectivity index (χ0) is 17.9. The van der Waals surface area contributed by atoms with Crippen LogP contribution < -0.4 is 0 Å². The Morgan fingerprint density at radius 3 is 2.21 bits per heavy atom. The van der Waals surface area contributed by atoms with Crippen molar-refractivity contribution in [3.8, 4) is 0 Å². The topological polar surface area (TPSA) is 66.8 Å². The van der Waals surface area contributed by atoms with E-state index in [1.54, 1.807) is 12.2 Å². The van der Waals surface area contributed by atoms with Crippen LogP contribution in [0, 0.1) is 0 Å². The van der Waals surface area contributed by atoms with Crippen molar-refractivity contribution in [3.05, 3.63) is 48.6 Å². The van der Waals surface area contributed by atoms with Crippen LogP contribution in [0.25, 0.3) is 0 Å². The average molecular weight is 336 g/mol. The quantitative estimate of drug-likeness (QED) is 0.133. The molecule has 0 aliphatic heterocycles. The van der Waals surface area contributed by atoms with Crippen LogP contribution in [-0.2, 0) is 9.68 Å². The molecule has 0 amide bonds. The number of rotatable bonds is 15. The van der Waals surface area contributed by atoms with Gasteiger partial charge in [0.2, 0.25) is 0 Å². The molecule has 0 saturated heterocycles. The van der Waals surface area contributed by atoms with E-state index in [4.69, 9.17) is 10.4 Å². The smallest absolute Gasteiger partial charge is 0.328 e. The molecule has 2 N–H and O–H groups in total.